The molecule has 1 aromatic carbocycles. The molecule has 2 unspecified atom stereocenters. The van der Waals surface area contributed by atoms with Gasteiger partial charge in [-0.15, -0.1) is 0 Å². The van der Waals surface area contributed by atoms with E-state index in [1.807, 2.05) is 6.07 Å². The maximum absolute atomic E-state index is 11.2. The second-order valence-electron chi connectivity index (χ2n) is 5.37. The monoisotopic (exact) mass is 260 g/mol. The zero-order valence-corrected chi connectivity index (χ0v) is 11.0. The second-order valence-corrected chi connectivity index (χ2v) is 5.37. The number of nitrogens with zero attached hydrogens (tertiary/aromatic N) is 1. The number of cyclic esters (lactones) is 1. The average molecular weight is 260 g/mol. The summed E-state index contributed by atoms with van der Waals surface area (Å²) in [6, 6.07) is 11.1. The van der Waals surface area contributed by atoms with Crippen LogP contribution in [0.1, 0.15) is 24.8 Å². The summed E-state index contributed by atoms with van der Waals surface area (Å²) in [5, 5.41) is 2.94. The predicted molar refractivity (Wildman–Crippen MR) is 72.8 cm³/mol. The maximum atomic E-state index is 11.2. The highest BCUT2D eigenvalue weighted by Crippen LogP contribution is 2.23. The van der Waals surface area contributed by atoms with Crippen LogP contribution in [0.25, 0.3) is 0 Å². The largest absolute Gasteiger partial charge is 0.447 e. The summed E-state index contributed by atoms with van der Waals surface area (Å²) in [7, 11) is 0. The molecule has 2 aliphatic heterocycles. The van der Waals surface area contributed by atoms with Crippen LogP contribution in [-0.2, 0) is 11.3 Å². The second kappa shape index (κ2) is 5.61. The van der Waals surface area contributed by atoms with Gasteiger partial charge in [0.15, 0.2) is 0 Å². The number of rotatable bonds is 3. The molecule has 1 aromatic rings. The van der Waals surface area contributed by atoms with Gasteiger partial charge >= 0.3 is 6.09 Å². The quantitative estimate of drug-likeness (QED) is 0.905. The van der Waals surface area contributed by atoms with Gasteiger partial charge in [-0.2, -0.15) is 0 Å². The van der Waals surface area contributed by atoms with Crippen molar-refractivity contribution in [2.75, 3.05) is 13.2 Å². The minimum absolute atomic E-state index is 0.150. The van der Waals surface area contributed by atoms with E-state index in [-0.39, 0.29) is 12.1 Å². The molecule has 0 radical (unpaired) electrons. The number of benzene rings is 1. The van der Waals surface area contributed by atoms with Crippen molar-refractivity contribution >= 4 is 6.09 Å². The Morgan fingerprint density at radius 3 is 2.84 bits per heavy atom. The summed E-state index contributed by atoms with van der Waals surface area (Å²) in [5.41, 5.74) is 1.33. The van der Waals surface area contributed by atoms with Gasteiger partial charge in [0.25, 0.3) is 0 Å². The lowest BCUT2D eigenvalue weighted by atomic mass is 9.95. The highest BCUT2D eigenvalue weighted by Gasteiger charge is 2.35. The number of carbonyl (C=O) groups is 1. The van der Waals surface area contributed by atoms with Crippen molar-refractivity contribution in [3.8, 4) is 0 Å². The van der Waals surface area contributed by atoms with Crippen molar-refractivity contribution in [3.63, 3.8) is 0 Å². The summed E-state index contributed by atoms with van der Waals surface area (Å²) in [6.07, 6.45) is 3.35. The molecule has 102 valence electrons. The van der Waals surface area contributed by atoms with E-state index < -0.39 is 0 Å². The number of carbonyl (C=O) groups excluding carboxylic acids is 1. The van der Waals surface area contributed by atoms with Crippen LogP contribution in [0.4, 0.5) is 4.79 Å². The molecule has 0 aliphatic carbocycles. The third-order valence-electron chi connectivity index (χ3n) is 4.05. The molecular formula is C15H20N2O2. The molecule has 0 aromatic heterocycles. The van der Waals surface area contributed by atoms with Gasteiger partial charge < -0.3 is 10.1 Å². The van der Waals surface area contributed by atoms with E-state index in [1.54, 1.807) is 0 Å². The third kappa shape index (κ3) is 2.89. The fraction of sp³-hybridized carbons (Fsp3) is 0.533. The smallest absolute Gasteiger partial charge is 0.407 e. The summed E-state index contributed by atoms with van der Waals surface area (Å²) in [4.78, 5) is 13.7. The SMILES string of the molecule is O=C1NC(C2CCCCN2Cc2ccccc2)CO1. The average Bonchev–Trinajstić information content (AvgIpc) is 2.87. The van der Waals surface area contributed by atoms with Crippen LogP contribution in [-0.4, -0.2) is 36.2 Å². The number of likely N-dealkylation sites (tertiary alicyclic amines) is 1. The Balaban J connectivity index is 1.69. The fourth-order valence-electron chi connectivity index (χ4n) is 3.09. The van der Waals surface area contributed by atoms with Crippen molar-refractivity contribution in [3.05, 3.63) is 35.9 Å². The molecule has 0 bridgehead atoms. The van der Waals surface area contributed by atoms with Crippen LogP contribution in [0.5, 0.6) is 0 Å². The Labute approximate surface area is 113 Å². The van der Waals surface area contributed by atoms with Crippen LogP contribution in [0, 0.1) is 0 Å². The molecule has 1 N–H and O–H groups in total. The third-order valence-corrected chi connectivity index (χ3v) is 4.05. The van der Waals surface area contributed by atoms with Crippen LogP contribution >= 0.6 is 0 Å². The van der Waals surface area contributed by atoms with E-state index >= 15 is 0 Å². The van der Waals surface area contributed by atoms with Gasteiger partial charge in [0.05, 0.1) is 6.04 Å². The Morgan fingerprint density at radius 1 is 1.26 bits per heavy atom. The van der Waals surface area contributed by atoms with Crippen molar-refractivity contribution in [2.24, 2.45) is 0 Å². The number of nitrogens with one attached hydrogen (secondary N) is 1. The highest BCUT2D eigenvalue weighted by atomic mass is 16.6. The van der Waals surface area contributed by atoms with Crippen molar-refractivity contribution < 1.29 is 9.53 Å². The number of amides is 1. The highest BCUT2D eigenvalue weighted by molar-refractivity contribution is 5.69. The zero-order chi connectivity index (χ0) is 13.1. The molecule has 19 heavy (non-hydrogen) atoms. The predicted octanol–water partition coefficient (Wildman–Crippen LogP) is 2.15. The van der Waals surface area contributed by atoms with E-state index in [0.29, 0.717) is 12.6 Å². The standard InChI is InChI=1S/C15H20N2O2/c18-15-16-13(11-19-15)14-8-4-5-9-17(14)10-12-6-2-1-3-7-12/h1-3,6-7,13-14H,4-5,8-11H2,(H,16,18). The van der Waals surface area contributed by atoms with Gasteiger partial charge in [-0.05, 0) is 24.9 Å². The molecule has 0 spiro atoms. The van der Waals surface area contributed by atoms with Gasteiger partial charge in [-0.25, -0.2) is 4.79 Å². The van der Waals surface area contributed by atoms with Crippen molar-refractivity contribution in [1.29, 1.82) is 0 Å². The lowest BCUT2D eigenvalue weighted by Crippen LogP contribution is -2.51. The molecule has 2 aliphatic rings. The molecule has 3 rings (SSSR count). The number of alkyl carbamates (subject to hydrolysis) is 1. The first-order valence-corrected chi connectivity index (χ1v) is 7.04. The van der Waals surface area contributed by atoms with Gasteiger partial charge in [-0.3, -0.25) is 4.90 Å². The summed E-state index contributed by atoms with van der Waals surface area (Å²) in [5.74, 6) is 0. The first-order valence-electron chi connectivity index (χ1n) is 7.04. The van der Waals surface area contributed by atoms with Crippen LogP contribution in [0.3, 0.4) is 0 Å². The topological polar surface area (TPSA) is 41.6 Å². The minimum Gasteiger partial charge on any atom is -0.447 e. The first-order chi connectivity index (χ1) is 9.33. The maximum Gasteiger partial charge on any atom is 0.407 e. The fourth-order valence-corrected chi connectivity index (χ4v) is 3.09. The number of piperidine rings is 1. The lowest BCUT2D eigenvalue weighted by Gasteiger charge is -2.38. The summed E-state index contributed by atoms with van der Waals surface area (Å²) in [6.45, 7) is 2.57. The number of hydrogen-bond donors (Lipinski definition) is 1. The first kappa shape index (κ1) is 12.5. The van der Waals surface area contributed by atoms with Crippen LogP contribution < -0.4 is 5.32 Å². The normalized spacial score (nSPS) is 27.9. The van der Waals surface area contributed by atoms with Crippen molar-refractivity contribution in [1.82, 2.24) is 10.2 Å². The van der Waals surface area contributed by atoms with E-state index in [2.05, 4.69) is 34.5 Å². The van der Waals surface area contributed by atoms with Gasteiger partial charge in [0.1, 0.15) is 6.61 Å². The van der Waals surface area contributed by atoms with E-state index in [0.717, 1.165) is 19.5 Å². The van der Waals surface area contributed by atoms with E-state index in [1.165, 1.54) is 18.4 Å². The molecule has 2 saturated heterocycles. The minimum atomic E-state index is -0.268. The number of ether oxygens (including phenoxy) is 1. The van der Waals surface area contributed by atoms with Crippen LogP contribution in [0.15, 0.2) is 30.3 Å². The molecule has 2 fully saturated rings. The van der Waals surface area contributed by atoms with Gasteiger partial charge in [-0.1, -0.05) is 36.8 Å². The molecule has 4 nitrogen and oxygen atoms in total. The van der Waals surface area contributed by atoms with Gasteiger partial charge in [0, 0.05) is 12.6 Å². The van der Waals surface area contributed by atoms with E-state index in [9.17, 15) is 4.79 Å². The Morgan fingerprint density at radius 2 is 2.11 bits per heavy atom. The van der Waals surface area contributed by atoms with Crippen LogP contribution in [0.2, 0.25) is 0 Å². The molecule has 4 heteroatoms. The Hall–Kier alpha value is -1.55. The molecular weight excluding hydrogens is 240 g/mol. The van der Waals surface area contributed by atoms with Gasteiger partial charge in [0.2, 0.25) is 0 Å². The molecule has 2 atom stereocenters. The molecule has 0 saturated carbocycles. The summed E-state index contributed by atoms with van der Waals surface area (Å²) < 4.78 is 5.04. The zero-order valence-electron chi connectivity index (χ0n) is 11.0. The molecule has 2 heterocycles. The van der Waals surface area contributed by atoms with Crippen molar-refractivity contribution in [2.45, 2.75) is 37.9 Å². The van der Waals surface area contributed by atoms with E-state index in [4.69, 9.17) is 4.74 Å². The molecule has 1 amide bonds. The summed E-state index contributed by atoms with van der Waals surface area (Å²) >= 11 is 0. The lowest BCUT2D eigenvalue weighted by molar-refractivity contribution is 0.106. The number of hydrogen-bond acceptors (Lipinski definition) is 3. The Bertz CT molecular complexity index is 435. The Kier molecular flexibility index (Phi) is 3.69.